The molecule has 0 aliphatic rings. The van der Waals surface area contributed by atoms with Crippen molar-refractivity contribution in [3.63, 3.8) is 0 Å². The molecule has 0 saturated heterocycles. The maximum Gasteiger partial charge on any atom is 0.197 e. The second kappa shape index (κ2) is 8.67. The van der Waals surface area contributed by atoms with E-state index in [-0.39, 0.29) is 5.78 Å². The Hall–Kier alpha value is -3.50. The number of para-hydroxylation sites is 1. The second-order valence-corrected chi connectivity index (χ2v) is 7.48. The summed E-state index contributed by atoms with van der Waals surface area (Å²) in [6.45, 7) is 1.87. The van der Waals surface area contributed by atoms with Gasteiger partial charge in [-0.25, -0.2) is 4.98 Å². The normalized spacial score (nSPS) is 10.9. The summed E-state index contributed by atoms with van der Waals surface area (Å²) >= 11 is 1.43. The predicted octanol–water partition coefficient (Wildman–Crippen LogP) is 6.81. The highest BCUT2D eigenvalue weighted by atomic mass is 32.1. The summed E-state index contributed by atoms with van der Waals surface area (Å²) in [6, 6.07) is 27.2. The van der Waals surface area contributed by atoms with Gasteiger partial charge in [-0.3, -0.25) is 4.79 Å². The van der Waals surface area contributed by atoms with E-state index in [0.717, 1.165) is 33.3 Å². The van der Waals surface area contributed by atoms with Crippen molar-refractivity contribution in [2.75, 3.05) is 0 Å². The highest BCUT2D eigenvalue weighted by Gasteiger charge is 2.14. The summed E-state index contributed by atoms with van der Waals surface area (Å²) in [7, 11) is 0. The molecule has 1 heterocycles. The van der Waals surface area contributed by atoms with E-state index in [1.807, 2.05) is 97.9 Å². The van der Waals surface area contributed by atoms with Crippen LogP contribution in [-0.4, -0.2) is 10.8 Å². The van der Waals surface area contributed by atoms with E-state index in [1.54, 1.807) is 6.08 Å². The number of rotatable bonds is 6. The van der Waals surface area contributed by atoms with Crippen LogP contribution >= 0.6 is 11.3 Å². The maximum absolute atomic E-state index is 12.7. The van der Waals surface area contributed by atoms with Crippen LogP contribution in [0.25, 0.3) is 16.6 Å². The lowest BCUT2D eigenvalue weighted by molar-refractivity contribution is 0.105. The minimum absolute atomic E-state index is 0.0354. The van der Waals surface area contributed by atoms with Crippen LogP contribution in [0.3, 0.4) is 0 Å². The highest BCUT2D eigenvalue weighted by molar-refractivity contribution is 7.17. The first kappa shape index (κ1) is 18.8. The van der Waals surface area contributed by atoms with Crippen LogP contribution in [-0.2, 0) is 0 Å². The van der Waals surface area contributed by atoms with Crippen LogP contribution in [0.2, 0.25) is 0 Å². The predicted molar refractivity (Wildman–Crippen MR) is 119 cm³/mol. The van der Waals surface area contributed by atoms with Gasteiger partial charge in [0, 0.05) is 5.56 Å². The molecule has 3 aromatic carbocycles. The Bertz CT molecular complexity index is 1130. The third-order valence-corrected chi connectivity index (χ3v) is 5.55. The first-order valence-corrected chi connectivity index (χ1v) is 10.1. The number of nitrogens with zero attached hydrogens (tertiary/aromatic N) is 1. The Morgan fingerprint density at radius 1 is 0.862 bits per heavy atom. The van der Waals surface area contributed by atoms with Crippen molar-refractivity contribution in [3.05, 3.63) is 107 Å². The third-order valence-electron chi connectivity index (χ3n) is 4.33. The van der Waals surface area contributed by atoms with Crippen molar-refractivity contribution >= 4 is 23.2 Å². The smallest absolute Gasteiger partial charge is 0.197 e. The molecule has 0 amide bonds. The van der Waals surface area contributed by atoms with Crippen molar-refractivity contribution in [1.82, 2.24) is 4.98 Å². The van der Waals surface area contributed by atoms with E-state index in [9.17, 15) is 4.79 Å². The van der Waals surface area contributed by atoms with Crippen LogP contribution in [0.4, 0.5) is 0 Å². The van der Waals surface area contributed by atoms with Gasteiger partial charge in [-0.05, 0) is 42.8 Å². The van der Waals surface area contributed by atoms with Gasteiger partial charge in [0.25, 0.3) is 0 Å². The Morgan fingerprint density at radius 3 is 2.17 bits per heavy atom. The number of ether oxygens (including phenoxy) is 1. The molecule has 0 aliphatic heterocycles. The van der Waals surface area contributed by atoms with Crippen molar-refractivity contribution in [2.24, 2.45) is 0 Å². The van der Waals surface area contributed by atoms with Gasteiger partial charge in [0.05, 0.1) is 10.6 Å². The number of ketones is 1. The number of carbonyl (C=O) groups is 1. The molecule has 4 heteroatoms. The average Bonchev–Trinajstić information content (AvgIpc) is 3.16. The quantitative estimate of drug-likeness (QED) is 0.265. The van der Waals surface area contributed by atoms with Crippen molar-refractivity contribution < 1.29 is 9.53 Å². The average molecular weight is 397 g/mol. The zero-order chi connectivity index (χ0) is 20.1. The Kier molecular flexibility index (Phi) is 5.63. The SMILES string of the molecule is Cc1nc(-c2ccccc2)sc1C(=O)/C=C/c1ccc(Oc2ccccc2)cc1. The second-order valence-electron chi connectivity index (χ2n) is 6.48. The summed E-state index contributed by atoms with van der Waals surface area (Å²) in [4.78, 5) is 17.9. The Balaban J connectivity index is 1.45. The van der Waals surface area contributed by atoms with E-state index in [1.165, 1.54) is 11.3 Å². The number of hydrogen-bond acceptors (Lipinski definition) is 4. The molecule has 0 spiro atoms. The summed E-state index contributed by atoms with van der Waals surface area (Å²) in [5, 5.41) is 0.863. The molecule has 0 bridgehead atoms. The van der Waals surface area contributed by atoms with Gasteiger partial charge in [-0.15, -0.1) is 11.3 Å². The van der Waals surface area contributed by atoms with Gasteiger partial charge >= 0.3 is 0 Å². The van der Waals surface area contributed by atoms with E-state index in [2.05, 4.69) is 4.98 Å². The van der Waals surface area contributed by atoms with Gasteiger partial charge in [-0.1, -0.05) is 66.7 Å². The lowest BCUT2D eigenvalue weighted by Crippen LogP contribution is -1.93. The summed E-state index contributed by atoms with van der Waals surface area (Å²) < 4.78 is 5.79. The molecule has 3 nitrogen and oxygen atoms in total. The molecular formula is C25H19NO2S. The Morgan fingerprint density at radius 2 is 1.48 bits per heavy atom. The van der Waals surface area contributed by atoms with E-state index in [0.29, 0.717) is 4.88 Å². The zero-order valence-electron chi connectivity index (χ0n) is 15.9. The van der Waals surface area contributed by atoms with Crippen LogP contribution in [0.5, 0.6) is 11.5 Å². The molecule has 142 valence electrons. The molecule has 0 aliphatic carbocycles. The highest BCUT2D eigenvalue weighted by Crippen LogP contribution is 2.28. The fraction of sp³-hybridized carbons (Fsp3) is 0.0400. The number of hydrogen-bond donors (Lipinski definition) is 0. The van der Waals surface area contributed by atoms with Crippen LogP contribution in [0, 0.1) is 6.92 Å². The summed E-state index contributed by atoms with van der Waals surface area (Å²) in [5.74, 6) is 1.51. The maximum atomic E-state index is 12.7. The number of benzene rings is 3. The van der Waals surface area contributed by atoms with Crippen LogP contribution in [0.1, 0.15) is 20.9 Å². The monoisotopic (exact) mass is 397 g/mol. The molecule has 0 unspecified atom stereocenters. The van der Waals surface area contributed by atoms with E-state index in [4.69, 9.17) is 4.74 Å². The third kappa shape index (κ3) is 4.68. The van der Waals surface area contributed by atoms with Gasteiger partial charge in [0.15, 0.2) is 5.78 Å². The number of aromatic nitrogens is 1. The number of carbonyl (C=O) groups excluding carboxylic acids is 1. The zero-order valence-corrected chi connectivity index (χ0v) is 16.7. The van der Waals surface area contributed by atoms with E-state index >= 15 is 0 Å². The van der Waals surface area contributed by atoms with Crippen LogP contribution < -0.4 is 4.74 Å². The summed E-state index contributed by atoms with van der Waals surface area (Å²) in [5.41, 5.74) is 2.72. The van der Waals surface area contributed by atoms with Crippen molar-refractivity contribution in [2.45, 2.75) is 6.92 Å². The summed E-state index contributed by atoms with van der Waals surface area (Å²) in [6.07, 6.45) is 3.42. The number of thiazole rings is 1. The molecule has 0 saturated carbocycles. The number of aryl methyl sites for hydroxylation is 1. The lowest BCUT2D eigenvalue weighted by Gasteiger charge is -2.05. The van der Waals surface area contributed by atoms with Gasteiger partial charge in [0.2, 0.25) is 0 Å². The minimum atomic E-state index is -0.0354. The molecule has 0 N–H and O–H groups in total. The molecule has 4 rings (SSSR count). The molecule has 0 radical (unpaired) electrons. The number of allylic oxidation sites excluding steroid dienone is 1. The van der Waals surface area contributed by atoms with Gasteiger partial charge in [-0.2, -0.15) is 0 Å². The fourth-order valence-corrected chi connectivity index (χ4v) is 3.84. The molecule has 0 fully saturated rings. The first-order valence-electron chi connectivity index (χ1n) is 9.27. The van der Waals surface area contributed by atoms with E-state index < -0.39 is 0 Å². The molecule has 0 atom stereocenters. The Labute approximate surface area is 174 Å². The standard InChI is InChI=1S/C25H19NO2S/c1-18-24(29-25(26-18)20-8-4-2-5-9-20)23(27)17-14-19-12-15-22(16-13-19)28-21-10-6-3-7-11-21/h2-17H,1H3/b17-14+. The fourth-order valence-electron chi connectivity index (χ4n) is 2.85. The largest absolute Gasteiger partial charge is 0.457 e. The lowest BCUT2D eigenvalue weighted by atomic mass is 10.1. The molecule has 1 aromatic heterocycles. The molecule has 4 aromatic rings. The van der Waals surface area contributed by atoms with Crippen molar-refractivity contribution in [3.8, 4) is 22.1 Å². The van der Waals surface area contributed by atoms with Gasteiger partial charge < -0.3 is 4.74 Å². The first-order chi connectivity index (χ1) is 14.2. The minimum Gasteiger partial charge on any atom is -0.457 e. The molecular weight excluding hydrogens is 378 g/mol. The van der Waals surface area contributed by atoms with Crippen LogP contribution in [0.15, 0.2) is 91.0 Å². The molecule has 29 heavy (non-hydrogen) atoms. The topological polar surface area (TPSA) is 39.2 Å². The van der Waals surface area contributed by atoms with Crippen molar-refractivity contribution in [1.29, 1.82) is 0 Å². The van der Waals surface area contributed by atoms with Gasteiger partial charge in [0.1, 0.15) is 16.5 Å².